The van der Waals surface area contributed by atoms with Gasteiger partial charge >= 0.3 is 0 Å². The molecule has 28 heavy (non-hydrogen) atoms. The zero-order valence-corrected chi connectivity index (χ0v) is 16.5. The van der Waals surface area contributed by atoms with E-state index in [-0.39, 0.29) is 22.5 Å². The lowest BCUT2D eigenvalue weighted by Crippen LogP contribution is -2.35. The van der Waals surface area contributed by atoms with Crippen LogP contribution < -0.4 is 16.4 Å². The van der Waals surface area contributed by atoms with Gasteiger partial charge in [0, 0.05) is 19.3 Å². The highest BCUT2D eigenvalue weighted by Gasteiger charge is 2.16. The van der Waals surface area contributed by atoms with Gasteiger partial charge in [-0.3, -0.25) is 19.4 Å². The molecule has 1 amide bonds. The van der Waals surface area contributed by atoms with Crippen molar-refractivity contribution >= 4 is 22.6 Å². The molecule has 3 aromatic heterocycles. The lowest BCUT2D eigenvalue weighted by Gasteiger charge is -2.14. The summed E-state index contributed by atoms with van der Waals surface area (Å²) in [6.07, 6.45) is 6.68. The minimum atomic E-state index is -0.314. The van der Waals surface area contributed by atoms with Gasteiger partial charge in [0.25, 0.3) is 11.5 Å². The van der Waals surface area contributed by atoms with Crippen molar-refractivity contribution in [2.45, 2.75) is 52.5 Å². The van der Waals surface area contributed by atoms with E-state index in [1.807, 2.05) is 13.0 Å². The molecule has 7 nitrogen and oxygen atoms in total. The maximum absolute atomic E-state index is 13.0. The molecule has 0 aliphatic rings. The molecule has 0 aliphatic heterocycles. The molecule has 0 fully saturated rings. The third-order valence-electron chi connectivity index (χ3n) is 4.83. The van der Waals surface area contributed by atoms with Crippen molar-refractivity contribution in [1.29, 1.82) is 5.41 Å². The smallest absolute Gasteiger partial charge is 0.267 e. The van der Waals surface area contributed by atoms with Gasteiger partial charge in [0.1, 0.15) is 16.8 Å². The number of nitrogens with one attached hydrogen (secondary N) is 2. The third-order valence-corrected chi connectivity index (χ3v) is 4.83. The first-order chi connectivity index (χ1) is 13.6. The molecule has 0 spiro atoms. The molecule has 2 N–H and O–H groups in total. The molecule has 7 heteroatoms. The number of fused-ring (bicyclic) bond motifs is 2. The minimum Gasteiger partial charge on any atom is -0.352 e. The van der Waals surface area contributed by atoms with Gasteiger partial charge in [0.05, 0.1) is 10.9 Å². The predicted molar refractivity (Wildman–Crippen MR) is 110 cm³/mol. The monoisotopic (exact) mass is 381 g/mol. The average molecular weight is 381 g/mol. The van der Waals surface area contributed by atoms with Gasteiger partial charge in [0.15, 0.2) is 0 Å². The summed E-state index contributed by atoms with van der Waals surface area (Å²) in [6.45, 7) is 5.22. The van der Waals surface area contributed by atoms with Crippen molar-refractivity contribution in [3.63, 3.8) is 0 Å². The van der Waals surface area contributed by atoms with Gasteiger partial charge in [-0.05, 0) is 31.0 Å². The molecule has 3 aromatic rings. The van der Waals surface area contributed by atoms with Gasteiger partial charge in [-0.1, -0.05) is 39.2 Å². The number of aromatic nitrogens is 3. The summed E-state index contributed by atoms with van der Waals surface area (Å²) < 4.78 is 3.13. The number of carbonyl (C=O) groups is 1. The molecule has 0 radical (unpaired) electrons. The molecular formula is C21H27N5O2. The SMILES string of the molecule is CCCCCCNC(=O)c1cc2c(=O)n3ccccc3nc2n(CCC)c1=N. The maximum Gasteiger partial charge on any atom is 0.267 e. The normalized spacial score (nSPS) is 11.2. The van der Waals surface area contributed by atoms with E-state index in [4.69, 9.17) is 5.41 Å². The van der Waals surface area contributed by atoms with Crippen LogP contribution in [0.1, 0.15) is 56.3 Å². The van der Waals surface area contributed by atoms with E-state index in [1.165, 1.54) is 10.5 Å². The second-order valence-corrected chi connectivity index (χ2v) is 6.96. The number of aryl methyl sites for hydroxylation is 1. The van der Waals surface area contributed by atoms with Crippen LogP contribution in [0.15, 0.2) is 35.3 Å². The second-order valence-electron chi connectivity index (χ2n) is 6.96. The first-order valence-electron chi connectivity index (χ1n) is 9.96. The standard InChI is InChI=1S/C21H27N5O2/c1-3-5-6-8-11-23-20(27)15-14-16-19(26(12-4-2)18(15)22)24-17-10-7-9-13-25(17)21(16)28/h7,9-10,13-14,22H,3-6,8,11-12H2,1-2H3,(H,23,27). The zero-order valence-electron chi connectivity index (χ0n) is 16.5. The Balaban J connectivity index is 2.08. The van der Waals surface area contributed by atoms with Crippen molar-refractivity contribution in [2.24, 2.45) is 0 Å². The van der Waals surface area contributed by atoms with Crippen molar-refractivity contribution in [3.05, 3.63) is 51.9 Å². The van der Waals surface area contributed by atoms with Crippen LogP contribution in [0, 0.1) is 5.41 Å². The number of nitrogens with zero attached hydrogens (tertiary/aromatic N) is 3. The highest BCUT2D eigenvalue weighted by molar-refractivity contribution is 5.96. The summed E-state index contributed by atoms with van der Waals surface area (Å²) in [6, 6.07) is 6.86. The number of amides is 1. The zero-order chi connectivity index (χ0) is 20.1. The molecule has 0 saturated carbocycles. The number of rotatable bonds is 8. The van der Waals surface area contributed by atoms with Crippen LogP contribution in [0.2, 0.25) is 0 Å². The van der Waals surface area contributed by atoms with E-state index in [1.54, 1.807) is 22.9 Å². The minimum absolute atomic E-state index is 0.0904. The molecule has 0 bridgehead atoms. The largest absolute Gasteiger partial charge is 0.352 e. The van der Waals surface area contributed by atoms with Crippen molar-refractivity contribution < 1.29 is 4.79 Å². The average Bonchev–Trinajstić information content (AvgIpc) is 2.70. The van der Waals surface area contributed by atoms with Crippen LogP contribution in [0.3, 0.4) is 0 Å². The first kappa shape index (κ1) is 19.8. The summed E-state index contributed by atoms with van der Waals surface area (Å²) in [7, 11) is 0. The van der Waals surface area contributed by atoms with Gasteiger partial charge in [-0.2, -0.15) is 0 Å². The summed E-state index contributed by atoms with van der Waals surface area (Å²) in [4.78, 5) is 30.3. The van der Waals surface area contributed by atoms with E-state index < -0.39 is 0 Å². The molecular weight excluding hydrogens is 354 g/mol. The van der Waals surface area contributed by atoms with Gasteiger partial charge < -0.3 is 9.88 Å². The van der Waals surface area contributed by atoms with Crippen molar-refractivity contribution in [2.75, 3.05) is 6.54 Å². The van der Waals surface area contributed by atoms with E-state index in [9.17, 15) is 9.59 Å². The molecule has 0 unspecified atom stereocenters. The van der Waals surface area contributed by atoms with Crippen LogP contribution >= 0.6 is 0 Å². The molecule has 148 valence electrons. The fourth-order valence-electron chi connectivity index (χ4n) is 3.35. The Morgan fingerprint density at radius 1 is 1.18 bits per heavy atom. The van der Waals surface area contributed by atoms with Crippen LogP contribution in [0.4, 0.5) is 0 Å². The van der Waals surface area contributed by atoms with Gasteiger partial charge in [-0.15, -0.1) is 0 Å². The fraction of sp³-hybridized carbons (Fsp3) is 0.429. The Morgan fingerprint density at radius 2 is 2.00 bits per heavy atom. The van der Waals surface area contributed by atoms with Gasteiger partial charge in [-0.25, -0.2) is 4.98 Å². The topological polar surface area (TPSA) is 92.2 Å². The Hall–Kier alpha value is -2.96. The molecule has 3 heterocycles. The van der Waals surface area contributed by atoms with Crippen LogP contribution in [-0.2, 0) is 6.54 Å². The Kier molecular flexibility index (Phi) is 6.23. The van der Waals surface area contributed by atoms with E-state index in [0.717, 1.165) is 32.1 Å². The maximum atomic E-state index is 13.0. The Morgan fingerprint density at radius 3 is 2.75 bits per heavy atom. The van der Waals surface area contributed by atoms with Crippen molar-refractivity contribution in [3.8, 4) is 0 Å². The highest BCUT2D eigenvalue weighted by Crippen LogP contribution is 2.11. The summed E-state index contributed by atoms with van der Waals surface area (Å²) >= 11 is 0. The Bertz CT molecular complexity index is 1110. The molecule has 0 aromatic carbocycles. The second kappa shape index (κ2) is 8.82. The van der Waals surface area contributed by atoms with Gasteiger partial charge in [0.2, 0.25) is 0 Å². The lowest BCUT2D eigenvalue weighted by atomic mass is 10.1. The molecule has 0 aliphatic carbocycles. The number of hydrogen-bond donors (Lipinski definition) is 2. The van der Waals surface area contributed by atoms with Crippen LogP contribution in [0.25, 0.3) is 16.7 Å². The van der Waals surface area contributed by atoms with Crippen LogP contribution in [0.5, 0.6) is 0 Å². The number of unbranched alkanes of at least 4 members (excludes halogenated alkanes) is 3. The van der Waals surface area contributed by atoms with E-state index in [0.29, 0.717) is 29.8 Å². The van der Waals surface area contributed by atoms with E-state index >= 15 is 0 Å². The fourth-order valence-corrected chi connectivity index (χ4v) is 3.35. The van der Waals surface area contributed by atoms with E-state index in [2.05, 4.69) is 17.2 Å². The molecule has 3 rings (SSSR count). The quantitative estimate of drug-likeness (QED) is 0.464. The first-order valence-corrected chi connectivity index (χ1v) is 9.96. The summed E-state index contributed by atoms with van der Waals surface area (Å²) in [5.41, 5.74) is 1.04. The van der Waals surface area contributed by atoms with Crippen LogP contribution in [-0.4, -0.2) is 26.4 Å². The highest BCUT2D eigenvalue weighted by atomic mass is 16.1. The number of hydrogen-bond acceptors (Lipinski definition) is 4. The Labute approximate surface area is 163 Å². The lowest BCUT2D eigenvalue weighted by molar-refractivity contribution is 0.0950. The third kappa shape index (κ3) is 3.83. The molecule has 0 atom stereocenters. The summed E-state index contributed by atoms with van der Waals surface area (Å²) in [5, 5.41) is 11.8. The van der Waals surface area contributed by atoms with Crippen molar-refractivity contribution in [1.82, 2.24) is 19.3 Å². The number of carbonyl (C=O) groups excluding carboxylic acids is 1. The summed E-state index contributed by atoms with van der Waals surface area (Å²) in [5.74, 6) is -0.314. The predicted octanol–water partition coefficient (Wildman–Crippen LogP) is 2.85. The molecule has 0 saturated heterocycles. The number of pyridine rings is 2.